The number of halogens is 7. The van der Waals surface area contributed by atoms with Crippen molar-refractivity contribution in [3.63, 3.8) is 0 Å². The molecule has 15 rings (SSSR count). The molecule has 0 spiro atoms. The average Bonchev–Trinajstić information content (AvgIpc) is 1.62. The fourth-order valence-corrected chi connectivity index (χ4v) is 26.3. The lowest BCUT2D eigenvalue weighted by Crippen LogP contribution is -2.41. The molecule has 36 nitrogen and oxygen atoms in total. The van der Waals surface area contributed by atoms with E-state index in [4.69, 9.17) is 32.1 Å². The third kappa shape index (κ3) is 39.8. The minimum absolute atomic E-state index is 0.140. The first kappa shape index (κ1) is 120. The van der Waals surface area contributed by atoms with E-state index in [0.29, 0.717) is 129 Å². The van der Waals surface area contributed by atoms with Crippen LogP contribution in [0, 0.1) is 12.0 Å². The van der Waals surface area contributed by atoms with E-state index < -0.39 is 75.2 Å². The van der Waals surface area contributed by atoms with Gasteiger partial charge in [0.05, 0.1) is 59.1 Å². The number of sulfone groups is 2. The van der Waals surface area contributed by atoms with Crippen molar-refractivity contribution in [3.05, 3.63) is 140 Å². The van der Waals surface area contributed by atoms with E-state index in [2.05, 4.69) is 206 Å². The molecule has 1 aliphatic heterocycles. The molecule has 55 heteroatoms. The van der Waals surface area contributed by atoms with Gasteiger partial charge in [-0.25, -0.2) is 86.1 Å². The van der Waals surface area contributed by atoms with Gasteiger partial charge in [0.15, 0.2) is 59.3 Å². The number of hydrogen-bond donors (Lipinski definition) is 8. The largest absolute Gasteiger partial charge is 0.505 e. The number of nitrogens with zero attached hydrogens (tertiary/aromatic N) is 15. The Morgan fingerprint density at radius 3 is 1.26 bits per heavy atom. The molecule has 140 heavy (non-hydrogen) atoms. The van der Waals surface area contributed by atoms with Gasteiger partial charge in [-0.15, -0.1) is 73.7 Å². The lowest BCUT2D eigenvalue weighted by Gasteiger charge is -2.32. The molecule has 768 valence electrons. The monoisotopic (exact) mass is 2540 g/mol. The number of nitrogens with two attached hydrogens (primary N) is 1. The van der Waals surface area contributed by atoms with Gasteiger partial charge in [0.2, 0.25) is 26.0 Å². The van der Waals surface area contributed by atoms with Gasteiger partial charge in [-0.3, -0.25) is 15.0 Å². The van der Waals surface area contributed by atoms with Gasteiger partial charge in [-0.05, 0) is 313 Å². The Morgan fingerprint density at radius 1 is 0.529 bits per heavy atom. The van der Waals surface area contributed by atoms with E-state index in [1.807, 2.05) is 136 Å². The lowest BCUT2D eigenvalue weighted by atomic mass is 9.88. The Kier molecular flexibility index (Phi) is 46.4. The summed E-state index contributed by atoms with van der Waals surface area (Å²) in [7, 11) is 5.74. The lowest BCUT2D eigenvalue weighted by molar-refractivity contribution is 0.00578. The number of anilines is 6. The second-order valence-corrected chi connectivity index (χ2v) is 63.2. The van der Waals surface area contributed by atoms with E-state index in [9.17, 15) is 46.9 Å². The zero-order valence-electron chi connectivity index (χ0n) is 80.7. The Balaban J connectivity index is 0.000000207. The predicted molar refractivity (Wildman–Crippen MR) is 590 cm³/mol. The van der Waals surface area contributed by atoms with Crippen LogP contribution in [0.5, 0.6) is 0 Å². The summed E-state index contributed by atoms with van der Waals surface area (Å²) in [6.45, 7) is 21.1. The van der Waals surface area contributed by atoms with Gasteiger partial charge < -0.3 is 55.5 Å². The number of carbonyl (C=O) groups is 1. The van der Waals surface area contributed by atoms with Crippen LogP contribution in [0.3, 0.4) is 0 Å². The van der Waals surface area contributed by atoms with Crippen LogP contribution in [0.25, 0.3) is 21.4 Å². The molecule has 0 bridgehead atoms. The molecule has 9 N–H and O–H groups in total. The van der Waals surface area contributed by atoms with Crippen molar-refractivity contribution in [3.8, 4) is 33.4 Å². The van der Waals surface area contributed by atoms with Crippen LogP contribution < -0.4 is 35.9 Å². The normalized spacial score (nSPS) is 14.6. The van der Waals surface area contributed by atoms with Gasteiger partial charge in [0, 0.05) is 128 Å². The van der Waals surface area contributed by atoms with Gasteiger partial charge >= 0.3 is 7.12 Å². The third-order valence-corrected chi connectivity index (χ3v) is 40.4. The van der Waals surface area contributed by atoms with E-state index in [-0.39, 0.29) is 30.0 Å². The molecule has 12 heterocycles. The topological polar surface area (TPSA) is 461 Å². The van der Waals surface area contributed by atoms with Crippen molar-refractivity contribution < 1.29 is 56.2 Å². The highest BCUT2D eigenvalue weighted by Gasteiger charge is 2.52. The molecule has 0 unspecified atom stereocenters. The first-order valence-corrected chi connectivity index (χ1v) is 64.5. The zero-order valence-corrected chi connectivity index (χ0v) is 100. The van der Waals surface area contributed by atoms with Crippen molar-refractivity contribution in [1.82, 2.24) is 94.0 Å². The van der Waals surface area contributed by atoms with Gasteiger partial charge in [0.1, 0.15) is 40.8 Å². The molecule has 0 aromatic carbocycles. The summed E-state index contributed by atoms with van der Waals surface area (Å²) >= 11 is 25.7. The molecule has 4 aliphatic rings. The number of hydrogen-bond acceptors (Lipinski definition) is 36. The summed E-state index contributed by atoms with van der Waals surface area (Å²) in [6, 6.07) is 22.4. The van der Waals surface area contributed by atoms with Crippen molar-refractivity contribution in [1.29, 1.82) is 0 Å². The number of thiophene rings is 5. The Bertz CT molecular complexity index is 6540. The van der Waals surface area contributed by atoms with Crippen LogP contribution in [0.2, 0.25) is 19.6 Å². The number of rotatable bonds is 35. The predicted octanol–water partition coefficient (Wildman–Crippen LogP) is 17.2. The third-order valence-electron chi connectivity index (χ3n) is 20.1. The highest BCUT2D eigenvalue weighted by Crippen LogP contribution is 2.44. The highest BCUT2D eigenvalue weighted by atomic mass is 79.9. The molecule has 0 radical (unpaired) electrons. The minimum Gasteiger partial charge on any atom is -0.399 e. The first-order chi connectivity index (χ1) is 65.4. The van der Waals surface area contributed by atoms with Gasteiger partial charge in [-0.2, -0.15) is 10.2 Å². The number of aromatic nitrogens is 12. The Morgan fingerprint density at radius 2 is 0.907 bits per heavy atom. The smallest absolute Gasteiger partial charge is 0.399 e. The molecule has 3 aliphatic carbocycles. The molecular formula is C85H119BBr6ClN23O13S10Si. The highest BCUT2D eigenvalue weighted by molar-refractivity contribution is 9.11. The number of H-pyrrole nitrogens is 2. The second-order valence-electron chi connectivity index (χ2n) is 35.5. The number of terminal acetylenes is 1. The maximum atomic E-state index is 12.6. The molecule has 11 aromatic rings. The first-order valence-electron chi connectivity index (χ1n) is 43.6. The number of carbonyl (C=O) groups excluding carboxylic acids is 1. The molecule has 11 aromatic heterocycles. The quantitative estimate of drug-likeness (QED) is 0.00791. The SMILES string of the molecule is Brc1ncc(Br)c(Nc2cc(C3CC3)[nH]n2)n1.C#C[Si](C)(C)C.CC(=O)n1nc(Nc2nc(-c3ccc(S(=O)(=O)NCCN(C)C)s3)ncc2Br)cc1C1CC1.CN(C)CCCS(=O)(=O)c1ccc(B2OC(C)(C)C(C)(C)O2)s1.CN(C)CCCS(=O)(=O)c1ccc(Br)s1.CN(C)CCN.CN(C)CCNS(=O)(=O)c1ccc(-c2ncc(Br)c(Nc3cc(C4CC4)[nH]n3)n2)s1.O=S(=O)(Cl)c1ccc(Br)s1. The van der Waals surface area contributed by atoms with Gasteiger partial charge in [0.25, 0.3) is 9.05 Å². The summed E-state index contributed by atoms with van der Waals surface area (Å²) < 4.78 is 145. The summed E-state index contributed by atoms with van der Waals surface area (Å²) in [5.74, 6) is 6.37. The van der Waals surface area contributed by atoms with Crippen LogP contribution >= 0.6 is 163 Å². The standard InChI is InChI=1S/C20H24BrN7O3S2.C18H22BrN7O2S2.C15H26BNO4S2.C10H9Br2N5.C9H14BrNO2S2.C5H10Si.C4H2BrClO2S2.C4H12N2/c1-12(29)28-15(13-4-5-13)10-17(26-28)24-19-14(21)11-22-20(25-19)16-6-7-18(32-16)33(30,31)23-8-9-27(2)3;1-26(2)8-7-21-30(27,28)16-6-5-14(29-16)18-20-10-12(19)17(23-18)22-15-9-13(24-25-15)11-3-4-11;1-14(2)15(3,4)21-16(20-14)12-8-9-13(22-12)23(18,19)11-7-10-17(5)6;11-6-4-13-10(12)15-9(6)14-8-3-7(16-17-8)5-1-2-5;1-11(2)6-3-7-15(12,13)9-5-4-8(10)14-9;1-5-6(2,3)4;5-3-1-2-4(9-3)10(6,7)8;1-6(2)4-3-5/h6-7,10-11,13,23H,4-5,8-9H2,1-3H3,(H,22,24,25,26);5-6,9-11,21H,3-4,7-8H2,1-2H3,(H2,20,22,23,24,25);8-9H,7,10-11H2,1-6H3;3-5H,1-2H2,(H2,13,14,15,16,17);4-5H,3,6-7H2,1-2H3;1H,2-4H3;1-2H;3-5H2,1-2H3. The van der Waals surface area contributed by atoms with E-state index in [1.165, 1.54) is 71.7 Å². The molecular weight excluding hydrogens is 2430 g/mol. The fraction of sp³-hybridized carbons (Fsp3) is 0.482. The van der Waals surface area contributed by atoms with Crippen LogP contribution in [-0.4, -0.2) is 293 Å². The zero-order chi connectivity index (χ0) is 104. The second kappa shape index (κ2) is 54.1. The Hall–Kier alpha value is -5.20. The minimum atomic E-state index is -3.61. The number of nitrogens with one attached hydrogen (secondary N) is 7. The fourth-order valence-electron chi connectivity index (χ4n) is 11.5. The summed E-state index contributed by atoms with van der Waals surface area (Å²) in [6.07, 6.45) is 18.3. The van der Waals surface area contributed by atoms with Crippen LogP contribution in [0.15, 0.2) is 144 Å². The molecule has 3 saturated carbocycles. The summed E-state index contributed by atoms with van der Waals surface area (Å²) in [4.78, 5) is 49.1. The van der Waals surface area contributed by atoms with Crippen LogP contribution in [-0.2, 0) is 58.1 Å². The summed E-state index contributed by atoms with van der Waals surface area (Å²) in [5, 5.41) is 28.4. The van der Waals surface area contributed by atoms with E-state index in [1.54, 1.807) is 73.2 Å². The molecule has 0 amide bonds. The maximum absolute atomic E-state index is 12.6. The average molecular weight is 2550 g/mol. The Labute approximate surface area is 898 Å². The van der Waals surface area contributed by atoms with Crippen molar-refractivity contribution in [2.75, 3.05) is 150 Å². The molecule has 1 saturated heterocycles. The number of aromatic amines is 2. The molecule has 4 fully saturated rings. The van der Waals surface area contributed by atoms with Crippen molar-refractivity contribution in [2.24, 2.45) is 5.73 Å². The number of likely N-dealkylation sites (N-methyl/N-ethyl adjacent to an activating group) is 3. The van der Waals surface area contributed by atoms with E-state index >= 15 is 0 Å². The summed E-state index contributed by atoms with van der Waals surface area (Å²) in [5.41, 5.74) is 10.3. The maximum Gasteiger partial charge on any atom is 0.505 e. The van der Waals surface area contributed by atoms with Gasteiger partial charge in [-0.1, -0.05) is 25.7 Å². The van der Waals surface area contributed by atoms with E-state index in [0.717, 1.165) is 107 Å². The molecule has 0 atom stereocenters. The number of sulfonamides is 2. The van der Waals surface area contributed by atoms with Crippen molar-refractivity contribution >= 4 is 273 Å². The van der Waals surface area contributed by atoms with Crippen molar-refractivity contribution in [2.45, 2.75) is 156 Å². The van der Waals surface area contributed by atoms with Crippen LogP contribution in [0.1, 0.15) is 126 Å². The van der Waals surface area contributed by atoms with Crippen LogP contribution in [0.4, 0.5) is 34.9 Å².